The molecule has 1 heterocycles. The van der Waals surface area contributed by atoms with Crippen molar-refractivity contribution in [2.45, 2.75) is 43.5 Å². The van der Waals surface area contributed by atoms with Crippen molar-refractivity contribution in [3.8, 4) is 0 Å². The Morgan fingerprint density at radius 3 is 2.47 bits per heavy atom. The third-order valence-corrected chi connectivity index (χ3v) is 7.50. The van der Waals surface area contributed by atoms with Crippen LogP contribution in [0.3, 0.4) is 0 Å². The van der Waals surface area contributed by atoms with E-state index in [0.717, 1.165) is 41.7 Å². The number of carbonyl (C=O) groups excluding carboxylic acids is 1. The summed E-state index contributed by atoms with van der Waals surface area (Å²) in [4.78, 5) is 13.5. The van der Waals surface area contributed by atoms with Crippen LogP contribution in [0.1, 0.15) is 34.4 Å². The molecule has 0 spiro atoms. The number of carbonyl (C=O) groups is 1. The third-order valence-electron chi connectivity index (χ3n) is 5.24. The van der Waals surface area contributed by atoms with E-state index < -0.39 is 10.0 Å². The fourth-order valence-corrected chi connectivity index (χ4v) is 5.38. The van der Waals surface area contributed by atoms with E-state index >= 15 is 0 Å². The van der Waals surface area contributed by atoms with E-state index in [9.17, 15) is 13.2 Å². The second-order valence-electron chi connectivity index (χ2n) is 7.47. The van der Waals surface area contributed by atoms with E-state index in [0.29, 0.717) is 17.1 Å². The van der Waals surface area contributed by atoms with Gasteiger partial charge in [-0.25, -0.2) is 8.42 Å². The molecule has 2 aromatic carbocycles. The first-order valence-corrected chi connectivity index (χ1v) is 12.4. The average Bonchev–Trinajstić information content (AvgIpc) is 3.27. The van der Waals surface area contributed by atoms with Crippen molar-refractivity contribution in [3.05, 3.63) is 81.5 Å². The predicted octanol–water partition coefficient (Wildman–Crippen LogP) is 4.29. The summed E-state index contributed by atoms with van der Waals surface area (Å²) >= 11 is 1.60. The third kappa shape index (κ3) is 5.09. The number of anilines is 1. The standard InChI is InChI=1S/C23H24N2O3S2/c26-23(24-16-21-6-3-13-29-21)14-17-7-10-20(11-8-17)25-30(27,28)22-12-9-18-4-1-2-5-19(18)15-22/h3,6-13,15,25H,1-2,4-5,14,16H2,(H,24,26). The molecule has 7 heteroatoms. The molecule has 1 amide bonds. The highest BCUT2D eigenvalue weighted by Crippen LogP contribution is 2.25. The lowest BCUT2D eigenvalue weighted by atomic mass is 9.92. The van der Waals surface area contributed by atoms with Crippen LogP contribution in [0.5, 0.6) is 0 Å². The Morgan fingerprint density at radius 2 is 1.73 bits per heavy atom. The average molecular weight is 441 g/mol. The minimum atomic E-state index is -3.64. The number of fused-ring (bicyclic) bond motifs is 1. The van der Waals surface area contributed by atoms with Gasteiger partial charge in [0.2, 0.25) is 5.91 Å². The van der Waals surface area contributed by atoms with Crippen LogP contribution in [0.15, 0.2) is 64.9 Å². The second kappa shape index (κ2) is 9.02. The molecule has 4 rings (SSSR count). The highest BCUT2D eigenvalue weighted by molar-refractivity contribution is 7.92. The molecule has 0 saturated carbocycles. The second-order valence-corrected chi connectivity index (χ2v) is 10.2. The summed E-state index contributed by atoms with van der Waals surface area (Å²) in [5, 5.41) is 4.87. The molecule has 5 nitrogen and oxygen atoms in total. The summed E-state index contributed by atoms with van der Waals surface area (Å²) in [6, 6.07) is 16.3. The lowest BCUT2D eigenvalue weighted by Gasteiger charge is -2.17. The highest BCUT2D eigenvalue weighted by Gasteiger charge is 2.18. The van der Waals surface area contributed by atoms with E-state index in [2.05, 4.69) is 10.0 Å². The monoisotopic (exact) mass is 440 g/mol. The summed E-state index contributed by atoms with van der Waals surface area (Å²) in [5.41, 5.74) is 3.70. The van der Waals surface area contributed by atoms with Crippen molar-refractivity contribution < 1.29 is 13.2 Å². The van der Waals surface area contributed by atoms with E-state index in [1.807, 2.05) is 23.6 Å². The molecular formula is C23H24N2O3S2. The minimum absolute atomic E-state index is 0.0641. The van der Waals surface area contributed by atoms with Gasteiger partial charge in [0.05, 0.1) is 17.9 Å². The zero-order valence-electron chi connectivity index (χ0n) is 16.6. The first kappa shape index (κ1) is 20.6. The Bertz CT molecular complexity index is 1120. The lowest BCUT2D eigenvalue weighted by molar-refractivity contribution is -0.120. The van der Waals surface area contributed by atoms with Crippen LogP contribution < -0.4 is 10.0 Å². The van der Waals surface area contributed by atoms with Crippen molar-refractivity contribution in [2.75, 3.05) is 4.72 Å². The molecule has 0 atom stereocenters. The first-order chi connectivity index (χ1) is 14.5. The van der Waals surface area contributed by atoms with Crippen molar-refractivity contribution in [1.82, 2.24) is 5.32 Å². The van der Waals surface area contributed by atoms with Crippen LogP contribution >= 0.6 is 11.3 Å². The molecule has 0 unspecified atom stereocenters. The van der Waals surface area contributed by atoms with Gasteiger partial charge in [-0.3, -0.25) is 9.52 Å². The van der Waals surface area contributed by atoms with Crippen molar-refractivity contribution in [2.24, 2.45) is 0 Å². The van der Waals surface area contributed by atoms with Gasteiger partial charge >= 0.3 is 0 Å². The fourth-order valence-electron chi connectivity index (χ4n) is 3.63. The molecule has 0 bridgehead atoms. The van der Waals surface area contributed by atoms with Gasteiger partial charge in [-0.1, -0.05) is 24.3 Å². The Morgan fingerprint density at radius 1 is 0.967 bits per heavy atom. The highest BCUT2D eigenvalue weighted by atomic mass is 32.2. The zero-order valence-corrected chi connectivity index (χ0v) is 18.2. The van der Waals surface area contributed by atoms with Crippen LogP contribution in [0.2, 0.25) is 0 Å². The minimum Gasteiger partial charge on any atom is -0.351 e. The largest absolute Gasteiger partial charge is 0.351 e. The number of sulfonamides is 1. The van der Waals surface area contributed by atoms with Gasteiger partial charge in [0.1, 0.15) is 0 Å². The molecule has 30 heavy (non-hydrogen) atoms. The van der Waals surface area contributed by atoms with Crippen LogP contribution in [0.4, 0.5) is 5.69 Å². The van der Waals surface area contributed by atoms with Crippen LogP contribution in [-0.2, 0) is 40.6 Å². The van der Waals surface area contributed by atoms with Gasteiger partial charge in [0.15, 0.2) is 0 Å². The molecule has 1 aliphatic rings. The first-order valence-electron chi connectivity index (χ1n) is 10.0. The van der Waals surface area contributed by atoms with E-state index in [1.54, 1.807) is 47.7 Å². The number of hydrogen-bond donors (Lipinski definition) is 2. The van der Waals surface area contributed by atoms with Crippen LogP contribution in [-0.4, -0.2) is 14.3 Å². The van der Waals surface area contributed by atoms with Crippen molar-refractivity contribution >= 4 is 33.0 Å². The van der Waals surface area contributed by atoms with Gasteiger partial charge < -0.3 is 5.32 Å². The van der Waals surface area contributed by atoms with Crippen LogP contribution in [0, 0.1) is 0 Å². The molecule has 1 aromatic heterocycles. The lowest BCUT2D eigenvalue weighted by Crippen LogP contribution is -2.24. The number of nitrogens with one attached hydrogen (secondary N) is 2. The predicted molar refractivity (Wildman–Crippen MR) is 120 cm³/mol. The summed E-state index contributed by atoms with van der Waals surface area (Å²) in [5.74, 6) is -0.0641. The van der Waals surface area contributed by atoms with Gasteiger partial charge in [-0.05, 0) is 78.1 Å². The molecular weight excluding hydrogens is 416 g/mol. The Hall–Kier alpha value is -2.64. The fraction of sp³-hybridized carbons (Fsp3) is 0.261. The molecule has 1 aliphatic carbocycles. The number of benzene rings is 2. The number of thiophene rings is 1. The quantitative estimate of drug-likeness (QED) is 0.576. The summed E-state index contributed by atoms with van der Waals surface area (Å²) < 4.78 is 28.2. The molecule has 3 aromatic rings. The number of amides is 1. The van der Waals surface area contributed by atoms with E-state index in [1.165, 1.54) is 5.56 Å². The summed E-state index contributed by atoms with van der Waals surface area (Å²) in [7, 11) is -3.64. The van der Waals surface area contributed by atoms with Crippen LogP contribution in [0.25, 0.3) is 0 Å². The molecule has 0 fully saturated rings. The van der Waals surface area contributed by atoms with E-state index in [4.69, 9.17) is 0 Å². The normalized spacial score (nSPS) is 13.5. The maximum absolute atomic E-state index is 12.8. The summed E-state index contributed by atoms with van der Waals surface area (Å²) in [6.45, 7) is 0.523. The van der Waals surface area contributed by atoms with Gasteiger partial charge in [-0.15, -0.1) is 11.3 Å². The van der Waals surface area contributed by atoms with E-state index in [-0.39, 0.29) is 12.3 Å². The molecule has 156 valence electrons. The number of hydrogen-bond acceptors (Lipinski definition) is 4. The SMILES string of the molecule is O=C(Cc1ccc(NS(=O)(=O)c2ccc3c(c2)CCCC3)cc1)NCc1cccs1. The Balaban J connectivity index is 1.37. The smallest absolute Gasteiger partial charge is 0.261 e. The topological polar surface area (TPSA) is 75.3 Å². The van der Waals surface area contributed by atoms with Crippen molar-refractivity contribution in [1.29, 1.82) is 0 Å². The number of aryl methyl sites for hydroxylation is 2. The van der Waals surface area contributed by atoms with Gasteiger partial charge in [0.25, 0.3) is 10.0 Å². The molecule has 2 N–H and O–H groups in total. The maximum atomic E-state index is 12.8. The van der Waals surface area contributed by atoms with Gasteiger partial charge in [-0.2, -0.15) is 0 Å². The Labute approximate surface area is 181 Å². The molecule has 0 radical (unpaired) electrons. The number of rotatable bonds is 7. The summed E-state index contributed by atoms with van der Waals surface area (Å²) in [6.07, 6.45) is 4.47. The van der Waals surface area contributed by atoms with Crippen molar-refractivity contribution in [3.63, 3.8) is 0 Å². The maximum Gasteiger partial charge on any atom is 0.261 e. The zero-order chi connectivity index (χ0) is 21.0. The van der Waals surface area contributed by atoms with Gasteiger partial charge in [0, 0.05) is 10.6 Å². The molecule has 0 aliphatic heterocycles. The molecule has 0 saturated heterocycles. The Kier molecular flexibility index (Phi) is 6.20.